The topological polar surface area (TPSA) is 93.6 Å². The number of H-pyrrole nitrogens is 1. The van der Waals surface area contributed by atoms with Crippen LogP contribution in [0.4, 0.5) is 0 Å². The van der Waals surface area contributed by atoms with Crippen LogP contribution in [0.1, 0.15) is 19.6 Å². The fourth-order valence-electron chi connectivity index (χ4n) is 2.58. The first-order valence-corrected chi connectivity index (χ1v) is 13.1. The summed E-state index contributed by atoms with van der Waals surface area (Å²) in [7, 11) is 0. The first-order chi connectivity index (χ1) is 10.9. The van der Waals surface area contributed by atoms with Crippen molar-refractivity contribution in [3.05, 3.63) is 33.1 Å². The monoisotopic (exact) mass is 396 g/mol. The molecule has 2 N–H and O–H groups in total. The number of aliphatic hydroxyl groups is 1. The predicted octanol–water partition coefficient (Wildman–Crippen LogP) is 1.29. The van der Waals surface area contributed by atoms with Gasteiger partial charge in [-0.2, -0.15) is 0 Å². The molecule has 2 fully saturated rings. The molecule has 0 aliphatic carbocycles. The van der Waals surface area contributed by atoms with Gasteiger partial charge in [0.1, 0.15) is 12.2 Å². The van der Waals surface area contributed by atoms with Gasteiger partial charge in [0.05, 0.1) is 6.10 Å². The Morgan fingerprint density at radius 3 is 2.83 bits per heavy atom. The summed E-state index contributed by atoms with van der Waals surface area (Å²) in [6.07, 6.45) is -0.898. The lowest BCUT2D eigenvalue weighted by molar-refractivity contribution is -0.0404. The van der Waals surface area contributed by atoms with Gasteiger partial charge in [0.2, 0.25) is 0 Å². The van der Waals surface area contributed by atoms with E-state index in [9.17, 15) is 14.7 Å². The molecule has 0 amide bonds. The van der Waals surface area contributed by atoms with Crippen LogP contribution in [0.15, 0.2) is 21.9 Å². The van der Waals surface area contributed by atoms with Crippen LogP contribution in [-0.2, 0) is 21.1 Å². The standard InChI is InChI=1S/C12H17N2O5PS3/c1-2-7-10(19-20(21)22-5-6-23-20)9(16)11(18-7)14-4-3-8(15)13-12(14)17/h3-4,7,9-11,16H,2,5-6H2,1H3,(H,13,15,17)/t7-,9-,10-,11-/m1/s1. The largest absolute Gasteiger partial charge is 0.386 e. The van der Waals surface area contributed by atoms with Crippen LogP contribution in [0.5, 0.6) is 0 Å². The molecule has 1 aromatic rings. The number of hydrogen-bond acceptors (Lipinski definition) is 8. The highest BCUT2D eigenvalue weighted by molar-refractivity contribution is 9.00. The minimum atomic E-state index is -2.06. The molecule has 128 valence electrons. The van der Waals surface area contributed by atoms with Crippen LogP contribution in [0.25, 0.3) is 0 Å². The second kappa shape index (κ2) is 7.03. The van der Waals surface area contributed by atoms with Gasteiger partial charge in [-0.1, -0.05) is 29.7 Å². The molecular weight excluding hydrogens is 379 g/mol. The van der Waals surface area contributed by atoms with Crippen molar-refractivity contribution in [1.82, 2.24) is 9.55 Å². The SMILES string of the molecule is CC[C@H]1O[C@@H](n2ccc(=O)[nH]c2=O)[C@H](O)[C@@H]1OP1(=S)SCCS1. The van der Waals surface area contributed by atoms with Crippen molar-refractivity contribution in [2.24, 2.45) is 0 Å². The number of hydrogen-bond donors (Lipinski definition) is 2. The third kappa shape index (κ3) is 3.63. The zero-order valence-electron chi connectivity index (χ0n) is 12.3. The Kier molecular flexibility index (Phi) is 5.42. The highest BCUT2D eigenvalue weighted by atomic mass is 33.2. The summed E-state index contributed by atoms with van der Waals surface area (Å²) in [4.78, 5) is 25.3. The van der Waals surface area contributed by atoms with Crippen molar-refractivity contribution < 1.29 is 14.4 Å². The lowest BCUT2D eigenvalue weighted by Crippen LogP contribution is -2.37. The van der Waals surface area contributed by atoms with Crippen LogP contribution in [0.3, 0.4) is 0 Å². The van der Waals surface area contributed by atoms with E-state index in [0.717, 1.165) is 11.5 Å². The molecule has 2 saturated heterocycles. The molecule has 0 bridgehead atoms. The smallest absolute Gasteiger partial charge is 0.330 e. The Balaban J connectivity index is 1.86. The van der Waals surface area contributed by atoms with Gasteiger partial charge in [0.15, 0.2) is 10.9 Å². The summed E-state index contributed by atoms with van der Waals surface area (Å²) in [5.41, 5.74) is -1.11. The Morgan fingerprint density at radius 1 is 1.52 bits per heavy atom. The Hall–Kier alpha value is -0.0900. The second-order valence-electron chi connectivity index (χ2n) is 5.17. The summed E-state index contributed by atoms with van der Waals surface area (Å²) < 4.78 is 11.0. The molecule has 2 aliphatic rings. The maximum atomic E-state index is 11.9. The number of aromatic nitrogens is 2. The molecule has 23 heavy (non-hydrogen) atoms. The third-order valence-corrected chi connectivity index (χ3v) is 13.4. The summed E-state index contributed by atoms with van der Waals surface area (Å²) >= 11 is 8.85. The van der Waals surface area contributed by atoms with E-state index in [2.05, 4.69) is 4.98 Å². The van der Waals surface area contributed by atoms with Gasteiger partial charge in [-0.3, -0.25) is 14.3 Å². The van der Waals surface area contributed by atoms with E-state index >= 15 is 0 Å². The Bertz CT molecular complexity index is 728. The van der Waals surface area contributed by atoms with E-state index in [1.165, 1.54) is 16.8 Å². The van der Waals surface area contributed by atoms with E-state index in [1.807, 2.05) is 6.92 Å². The van der Waals surface area contributed by atoms with Gasteiger partial charge in [0.25, 0.3) is 5.56 Å². The van der Waals surface area contributed by atoms with Crippen LogP contribution in [0, 0.1) is 0 Å². The normalized spacial score (nSPS) is 33.1. The number of rotatable bonds is 4. The van der Waals surface area contributed by atoms with Crippen LogP contribution in [0.2, 0.25) is 0 Å². The molecule has 7 nitrogen and oxygen atoms in total. The average molecular weight is 396 g/mol. The van der Waals surface area contributed by atoms with E-state index in [1.54, 1.807) is 22.8 Å². The Morgan fingerprint density at radius 2 is 2.22 bits per heavy atom. The molecule has 1 aromatic heterocycles. The molecule has 3 heterocycles. The van der Waals surface area contributed by atoms with Gasteiger partial charge in [0, 0.05) is 23.8 Å². The average Bonchev–Trinajstić information content (AvgIpc) is 3.05. The lowest BCUT2D eigenvalue weighted by atomic mass is 10.1. The minimum absolute atomic E-state index is 0.351. The van der Waals surface area contributed by atoms with Crippen LogP contribution >= 0.6 is 27.4 Å². The summed E-state index contributed by atoms with van der Waals surface area (Å²) in [5.74, 6) is 1.90. The summed E-state index contributed by atoms with van der Waals surface area (Å²) in [6, 6.07) is 1.22. The van der Waals surface area contributed by atoms with E-state index < -0.39 is 34.4 Å². The molecular formula is C12H17N2O5PS3. The molecule has 4 atom stereocenters. The number of ether oxygens (including phenoxy) is 1. The van der Waals surface area contributed by atoms with Crippen molar-refractivity contribution in [1.29, 1.82) is 0 Å². The number of nitrogens with one attached hydrogen (secondary N) is 1. The number of aromatic amines is 1. The first kappa shape index (κ1) is 17.7. The van der Waals surface area contributed by atoms with Crippen molar-refractivity contribution in [2.75, 3.05) is 11.5 Å². The highest BCUT2D eigenvalue weighted by Gasteiger charge is 2.47. The molecule has 0 radical (unpaired) electrons. The summed E-state index contributed by atoms with van der Waals surface area (Å²) in [6.45, 7) is 1.93. The van der Waals surface area contributed by atoms with Crippen molar-refractivity contribution in [3.8, 4) is 0 Å². The number of aliphatic hydroxyl groups excluding tert-OH is 1. The van der Waals surface area contributed by atoms with Gasteiger partial charge < -0.3 is 14.4 Å². The maximum Gasteiger partial charge on any atom is 0.330 e. The quantitative estimate of drug-likeness (QED) is 0.736. The van der Waals surface area contributed by atoms with Crippen molar-refractivity contribution in [2.45, 2.75) is 37.9 Å². The second-order valence-corrected chi connectivity index (χ2v) is 15.9. The van der Waals surface area contributed by atoms with Crippen molar-refractivity contribution in [3.63, 3.8) is 0 Å². The highest BCUT2D eigenvalue weighted by Crippen LogP contribution is 2.75. The van der Waals surface area contributed by atoms with Gasteiger partial charge in [-0.25, -0.2) is 4.79 Å². The van der Waals surface area contributed by atoms with E-state index in [4.69, 9.17) is 21.1 Å². The fraction of sp³-hybridized carbons (Fsp3) is 0.667. The molecule has 3 rings (SSSR count). The minimum Gasteiger partial charge on any atom is -0.386 e. The fourth-order valence-corrected chi connectivity index (χ4v) is 11.9. The molecule has 0 aromatic carbocycles. The molecule has 0 saturated carbocycles. The molecule has 2 aliphatic heterocycles. The van der Waals surface area contributed by atoms with Gasteiger partial charge in [-0.05, 0) is 18.2 Å². The van der Waals surface area contributed by atoms with E-state index in [-0.39, 0.29) is 6.10 Å². The van der Waals surface area contributed by atoms with Crippen LogP contribution in [-0.4, -0.2) is 44.5 Å². The zero-order chi connectivity index (χ0) is 16.6. The van der Waals surface area contributed by atoms with Gasteiger partial charge >= 0.3 is 5.69 Å². The predicted molar refractivity (Wildman–Crippen MR) is 95.6 cm³/mol. The molecule has 11 heteroatoms. The maximum absolute atomic E-state index is 11.9. The lowest BCUT2D eigenvalue weighted by Gasteiger charge is -2.25. The zero-order valence-corrected chi connectivity index (χ0v) is 15.6. The Labute approximate surface area is 145 Å². The van der Waals surface area contributed by atoms with E-state index in [0.29, 0.717) is 6.42 Å². The third-order valence-electron chi connectivity index (χ3n) is 3.67. The molecule has 0 unspecified atom stereocenters. The van der Waals surface area contributed by atoms with Crippen molar-refractivity contribution >= 4 is 39.2 Å². The number of nitrogens with zero attached hydrogens (tertiary/aromatic N) is 1. The van der Waals surface area contributed by atoms with Crippen LogP contribution < -0.4 is 11.2 Å². The van der Waals surface area contributed by atoms with Gasteiger partial charge in [-0.15, -0.1) is 0 Å². The first-order valence-electron chi connectivity index (χ1n) is 7.16. The summed E-state index contributed by atoms with van der Waals surface area (Å²) in [5, 5.41) is 10.6. The molecule has 0 spiro atoms.